The van der Waals surface area contributed by atoms with Gasteiger partial charge in [0.1, 0.15) is 24.7 Å². The van der Waals surface area contributed by atoms with E-state index in [0.717, 1.165) is 28.9 Å². The number of carbonyl (C=O) groups excluding carboxylic acids is 1. The summed E-state index contributed by atoms with van der Waals surface area (Å²) in [6.07, 6.45) is 0.767. The minimum atomic E-state index is 0.313. The Morgan fingerprint density at radius 2 is 1.25 bits per heavy atom. The van der Waals surface area contributed by atoms with E-state index >= 15 is 0 Å². The van der Waals surface area contributed by atoms with Gasteiger partial charge < -0.3 is 18.9 Å². The third kappa shape index (κ3) is 4.82. The van der Waals surface area contributed by atoms with E-state index in [1.54, 1.807) is 32.4 Å². The quantitative estimate of drug-likeness (QED) is 0.506. The van der Waals surface area contributed by atoms with Crippen molar-refractivity contribution in [2.75, 3.05) is 14.2 Å². The van der Waals surface area contributed by atoms with Crippen molar-refractivity contribution < 1.29 is 23.7 Å². The molecule has 0 aromatic heterocycles. The number of methoxy groups -OCH3 is 2. The lowest BCUT2D eigenvalue weighted by Gasteiger charge is -2.15. The molecule has 5 nitrogen and oxygen atoms in total. The fourth-order valence-electron chi connectivity index (χ4n) is 2.65. The van der Waals surface area contributed by atoms with Crippen LogP contribution in [-0.4, -0.2) is 20.5 Å². The highest BCUT2D eigenvalue weighted by molar-refractivity contribution is 5.81. The van der Waals surface area contributed by atoms with Crippen LogP contribution in [0.1, 0.15) is 21.5 Å². The van der Waals surface area contributed by atoms with Gasteiger partial charge in [0, 0.05) is 0 Å². The number of benzene rings is 3. The molecule has 0 radical (unpaired) electrons. The van der Waals surface area contributed by atoms with Crippen molar-refractivity contribution in [2.45, 2.75) is 13.2 Å². The molecular weight excluding hydrogens is 356 g/mol. The number of para-hydroxylation sites is 1. The predicted molar refractivity (Wildman–Crippen MR) is 106 cm³/mol. The first-order valence-corrected chi connectivity index (χ1v) is 8.83. The molecule has 0 aliphatic rings. The topological polar surface area (TPSA) is 54.0 Å². The minimum Gasteiger partial charge on any atom is -0.497 e. The Labute approximate surface area is 164 Å². The molecule has 0 saturated heterocycles. The third-order valence-electron chi connectivity index (χ3n) is 4.23. The molecule has 3 rings (SSSR count). The molecule has 0 amide bonds. The van der Waals surface area contributed by atoms with Crippen LogP contribution in [0.3, 0.4) is 0 Å². The van der Waals surface area contributed by atoms with Crippen molar-refractivity contribution in [3.63, 3.8) is 0 Å². The van der Waals surface area contributed by atoms with Gasteiger partial charge in [0.05, 0.1) is 19.8 Å². The van der Waals surface area contributed by atoms with Crippen LogP contribution in [0.15, 0.2) is 66.7 Å². The Morgan fingerprint density at radius 3 is 1.75 bits per heavy atom. The molecule has 3 aromatic carbocycles. The monoisotopic (exact) mass is 378 g/mol. The molecule has 0 aliphatic carbocycles. The van der Waals surface area contributed by atoms with E-state index in [1.165, 1.54) is 0 Å². The van der Waals surface area contributed by atoms with Crippen LogP contribution in [0.5, 0.6) is 23.0 Å². The number of aldehydes is 1. The summed E-state index contributed by atoms with van der Waals surface area (Å²) in [6.45, 7) is 0.666. The molecule has 144 valence electrons. The summed E-state index contributed by atoms with van der Waals surface area (Å²) in [4.78, 5) is 11.5. The normalized spacial score (nSPS) is 10.2. The van der Waals surface area contributed by atoms with Crippen molar-refractivity contribution in [3.05, 3.63) is 83.4 Å². The summed E-state index contributed by atoms with van der Waals surface area (Å²) in [5, 5.41) is 0. The van der Waals surface area contributed by atoms with Gasteiger partial charge in [0.2, 0.25) is 0 Å². The maximum Gasteiger partial charge on any atom is 0.172 e. The van der Waals surface area contributed by atoms with Crippen LogP contribution in [-0.2, 0) is 13.2 Å². The Kier molecular flexibility index (Phi) is 6.52. The summed E-state index contributed by atoms with van der Waals surface area (Å²) < 4.78 is 22.2. The maximum atomic E-state index is 11.5. The Bertz CT molecular complexity index is 901. The lowest BCUT2D eigenvalue weighted by atomic mass is 10.2. The van der Waals surface area contributed by atoms with E-state index in [4.69, 9.17) is 18.9 Å². The Morgan fingerprint density at radius 1 is 0.714 bits per heavy atom. The summed E-state index contributed by atoms with van der Waals surface area (Å²) in [5.74, 6) is 2.52. The Balaban J connectivity index is 1.72. The van der Waals surface area contributed by atoms with Gasteiger partial charge in [-0.15, -0.1) is 0 Å². The van der Waals surface area contributed by atoms with E-state index in [9.17, 15) is 4.79 Å². The molecule has 0 unspecified atom stereocenters. The maximum absolute atomic E-state index is 11.5. The highest BCUT2D eigenvalue weighted by atomic mass is 16.5. The summed E-state index contributed by atoms with van der Waals surface area (Å²) in [6, 6.07) is 20.4. The fourth-order valence-corrected chi connectivity index (χ4v) is 2.65. The molecule has 0 heterocycles. The molecular formula is C23H22O5. The van der Waals surface area contributed by atoms with Gasteiger partial charge in [-0.05, 0) is 47.5 Å². The molecule has 3 aromatic rings. The molecule has 0 atom stereocenters. The van der Waals surface area contributed by atoms with Crippen molar-refractivity contribution in [2.24, 2.45) is 0 Å². The number of ether oxygens (including phenoxy) is 4. The van der Waals surface area contributed by atoms with Crippen LogP contribution in [0, 0.1) is 0 Å². The van der Waals surface area contributed by atoms with Crippen LogP contribution in [0.4, 0.5) is 0 Å². The molecule has 0 N–H and O–H groups in total. The number of carbonyl (C=O) groups is 1. The first-order chi connectivity index (χ1) is 13.7. The van der Waals surface area contributed by atoms with Gasteiger partial charge in [-0.25, -0.2) is 0 Å². The standard InChI is InChI=1S/C23H22O5/c1-25-20-10-6-17(7-11-20)15-27-22-5-3-4-19(14-24)23(22)28-16-18-8-12-21(26-2)13-9-18/h3-14H,15-16H2,1-2H3. The number of hydrogen-bond acceptors (Lipinski definition) is 5. The second-order valence-corrected chi connectivity index (χ2v) is 6.07. The molecule has 0 aliphatic heterocycles. The molecule has 0 bridgehead atoms. The van der Waals surface area contributed by atoms with Crippen molar-refractivity contribution >= 4 is 6.29 Å². The van der Waals surface area contributed by atoms with E-state index in [2.05, 4.69) is 0 Å². The lowest BCUT2D eigenvalue weighted by Crippen LogP contribution is -2.03. The van der Waals surface area contributed by atoms with Crippen LogP contribution in [0.25, 0.3) is 0 Å². The lowest BCUT2D eigenvalue weighted by molar-refractivity contribution is 0.111. The Hall–Kier alpha value is -3.47. The van der Waals surface area contributed by atoms with Crippen LogP contribution in [0.2, 0.25) is 0 Å². The second-order valence-electron chi connectivity index (χ2n) is 6.07. The average molecular weight is 378 g/mol. The summed E-state index contributed by atoms with van der Waals surface area (Å²) >= 11 is 0. The van der Waals surface area contributed by atoms with Gasteiger partial charge >= 0.3 is 0 Å². The predicted octanol–water partition coefficient (Wildman–Crippen LogP) is 4.67. The van der Waals surface area contributed by atoms with Crippen LogP contribution < -0.4 is 18.9 Å². The highest BCUT2D eigenvalue weighted by Gasteiger charge is 2.12. The van der Waals surface area contributed by atoms with Gasteiger partial charge in [-0.2, -0.15) is 0 Å². The summed E-state index contributed by atoms with van der Waals surface area (Å²) in [5.41, 5.74) is 2.39. The average Bonchev–Trinajstić information content (AvgIpc) is 2.77. The zero-order valence-corrected chi connectivity index (χ0v) is 15.9. The molecule has 0 fully saturated rings. The molecule has 0 saturated carbocycles. The van der Waals surface area contributed by atoms with Crippen molar-refractivity contribution in [1.29, 1.82) is 0 Å². The first kappa shape index (κ1) is 19.3. The smallest absolute Gasteiger partial charge is 0.172 e. The van der Waals surface area contributed by atoms with Gasteiger partial charge in [-0.1, -0.05) is 30.3 Å². The number of rotatable bonds is 9. The third-order valence-corrected chi connectivity index (χ3v) is 4.23. The molecule has 5 heteroatoms. The van der Waals surface area contributed by atoms with E-state index < -0.39 is 0 Å². The fraction of sp³-hybridized carbons (Fsp3) is 0.174. The van der Waals surface area contributed by atoms with Crippen LogP contribution >= 0.6 is 0 Å². The first-order valence-electron chi connectivity index (χ1n) is 8.83. The van der Waals surface area contributed by atoms with Crippen molar-refractivity contribution in [1.82, 2.24) is 0 Å². The van der Waals surface area contributed by atoms with Gasteiger partial charge in [-0.3, -0.25) is 4.79 Å². The zero-order valence-electron chi connectivity index (χ0n) is 15.9. The SMILES string of the molecule is COc1ccc(COc2cccc(C=O)c2OCc2ccc(OC)cc2)cc1. The highest BCUT2D eigenvalue weighted by Crippen LogP contribution is 2.32. The van der Waals surface area contributed by atoms with Gasteiger partial charge in [0.15, 0.2) is 17.8 Å². The number of hydrogen-bond donors (Lipinski definition) is 0. The molecule has 28 heavy (non-hydrogen) atoms. The van der Waals surface area contributed by atoms with E-state index in [-0.39, 0.29) is 0 Å². The van der Waals surface area contributed by atoms with E-state index in [1.807, 2.05) is 48.5 Å². The van der Waals surface area contributed by atoms with Crippen molar-refractivity contribution in [3.8, 4) is 23.0 Å². The zero-order chi connectivity index (χ0) is 19.8. The largest absolute Gasteiger partial charge is 0.497 e. The van der Waals surface area contributed by atoms with E-state index in [0.29, 0.717) is 30.3 Å². The van der Waals surface area contributed by atoms with Gasteiger partial charge in [0.25, 0.3) is 0 Å². The molecule has 0 spiro atoms. The summed E-state index contributed by atoms with van der Waals surface area (Å²) in [7, 11) is 3.25. The minimum absolute atomic E-state index is 0.313. The second kappa shape index (κ2) is 9.46.